The van der Waals surface area contributed by atoms with Crippen molar-refractivity contribution in [1.82, 2.24) is 4.98 Å². The molecule has 0 amide bonds. The van der Waals surface area contributed by atoms with Crippen LogP contribution in [-0.4, -0.2) is 11.5 Å². The number of nitrogens with zero attached hydrogens (tertiary/aromatic N) is 2. The summed E-state index contributed by atoms with van der Waals surface area (Å²) in [4.78, 5) is 4.62. The van der Waals surface area contributed by atoms with Crippen LogP contribution >= 0.6 is 0 Å². The second-order valence-electron chi connectivity index (χ2n) is 6.01. The number of fused-ring (bicyclic) bond motifs is 1. The summed E-state index contributed by atoms with van der Waals surface area (Å²) in [6.45, 7) is 7.21. The molecule has 1 aromatic carbocycles. The molecule has 3 heteroatoms. The number of hydrogen-bond acceptors (Lipinski definition) is 3. The summed E-state index contributed by atoms with van der Waals surface area (Å²) in [7, 11) is 0. The van der Waals surface area contributed by atoms with Crippen LogP contribution in [0.3, 0.4) is 0 Å². The Kier molecular flexibility index (Phi) is 4.24. The third-order valence-electron chi connectivity index (χ3n) is 3.53. The number of aromatic nitrogens is 1. The molecule has 0 fully saturated rings. The van der Waals surface area contributed by atoms with Gasteiger partial charge in [0.25, 0.3) is 0 Å². The van der Waals surface area contributed by atoms with Crippen LogP contribution in [-0.2, 0) is 0 Å². The molecule has 2 aromatic rings. The van der Waals surface area contributed by atoms with E-state index in [1.807, 2.05) is 19.1 Å². The minimum atomic E-state index is 0.0989. The second-order valence-corrected chi connectivity index (χ2v) is 6.01. The summed E-state index contributed by atoms with van der Waals surface area (Å²) in [6, 6.07) is 12.5. The smallest absolute Gasteiger partial charge is 0.0936 e. The van der Waals surface area contributed by atoms with Crippen LogP contribution in [0.1, 0.15) is 32.4 Å². The Balaban J connectivity index is 2.18. The highest BCUT2D eigenvalue weighted by Crippen LogP contribution is 2.26. The molecule has 0 aliphatic heterocycles. The van der Waals surface area contributed by atoms with Gasteiger partial charge in [-0.2, -0.15) is 5.26 Å². The summed E-state index contributed by atoms with van der Waals surface area (Å²) in [6.07, 6.45) is 1.50. The van der Waals surface area contributed by atoms with Crippen LogP contribution in [0.5, 0.6) is 0 Å². The number of rotatable bonds is 5. The molecule has 1 heterocycles. The van der Waals surface area contributed by atoms with E-state index in [1.54, 1.807) is 0 Å². The van der Waals surface area contributed by atoms with Crippen LogP contribution < -0.4 is 5.32 Å². The van der Waals surface area contributed by atoms with Crippen molar-refractivity contribution in [3.8, 4) is 6.07 Å². The summed E-state index contributed by atoms with van der Waals surface area (Å²) in [5, 5.41) is 13.3. The average Bonchev–Trinajstić information content (AvgIpc) is 2.43. The first kappa shape index (κ1) is 14.3. The first-order chi connectivity index (χ1) is 9.52. The van der Waals surface area contributed by atoms with Crippen LogP contribution in [0.4, 0.5) is 5.69 Å². The molecule has 0 unspecified atom stereocenters. The molecular formula is C17H21N3. The normalized spacial score (nSPS) is 11.3. The van der Waals surface area contributed by atoms with Gasteiger partial charge in [-0.3, -0.25) is 4.98 Å². The Hall–Kier alpha value is -2.08. The van der Waals surface area contributed by atoms with Gasteiger partial charge in [0.15, 0.2) is 0 Å². The van der Waals surface area contributed by atoms with Gasteiger partial charge in [0.2, 0.25) is 0 Å². The van der Waals surface area contributed by atoms with Crippen molar-refractivity contribution in [1.29, 1.82) is 5.26 Å². The molecule has 1 aromatic heterocycles. The van der Waals surface area contributed by atoms with Crippen LogP contribution in [0.2, 0.25) is 0 Å². The Morgan fingerprint density at radius 3 is 2.80 bits per heavy atom. The monoisotopic (exact) mass is 267 g/mol. The van der Waals surface area contributed by atoms with E-state index < -0.39 is 0 Å². The fraction of sp³-hybridized carbons (Fsp3) is 0.412. The lowest BCUT2D eigenvalue weighted by atomic mass is 9.88. The van der Waals surface area contributed by atoms with Gasteiger partial charge in [0, 0.05) is 24.0 Å². The maximum absolute atomic E-state index is 8.71. The van der Waals surface area contributed by atoms with E-state index in [4.69, 9.17) is 5.26 Å². The largest absolute Gasteiger partial charge is 0.383 e. The van der Waals surface area contributed by atoms with Gasteiger partial charge in [-0.25, -0.2) is 0 Å². The summed E-state index contributed by atoms with van der Waals surface area (Å²) < 4.78 is 0. The summed E-state index contributed by atoms with van der Waals surface area (Å²) >= 11 is 0. The van der Waals surface area contributed by atoms with Gasteiger partial charge >= 0.3 is 0 Å². The number of nitriles is 1. The van der Waals surface area contributed by atoms with Gasteiger partial charge in [-0.05, 0) is 30.9 Å². The fourth-order valence-electron chi connectivity index (χ4n) is 2.20. The highest BCUT2D eigenvalue weighted by Gasteiger charge is 2.17. The van der Waals surface area contributed by atoms with Crippen LogP contribution in [0, 0.1) is 23.7 Å². The predicted molar refractivity (Wildman–Crippen MR) is 83.6 cm³/mol. The van der Waals surface area contributed by atoms with Crippen molar-refractivity contribution in [3.63, 3.8) is 0 Å². The fourth-order valence-corrected chi connectivity index (χ4v) is 2.20. The van der Waals surface area contributed by atoms with Crippen LogP contribution in [0.15, 0.2) is 30.3 Å². The maximum atomic E-state index is 8.71. The number of benzene rings is 1. The first-order valence-corrected chi connectivity index (χ1v) is 6.99. The van der Waals surface area contributed by atoms with Crippen molar-refractivity contribution in [2.45, 2.75) is 33.6 Å². The highest BCUT2D eigenvalue weighted by atomic mass is 14.9. The van der Waals surface area contributed by atoms with E-state index >= 15 is 0 Å². The van der Waals surface area contributed by atoms with Gasteiger partial charge < -0.3 is 5.32 Å². The molecule has 0 aliphatic rings. The zero-order valence-corrected chi connectivity index (χ0v) is 12.4. The standard InChI is InChI=1S/C17H21N3/c1-13-8-9-14-6-4-7-15(16(14)20-13)19-12-17(2,3)10-5-11-18/h4,6-9,19H,5,10,12H2,1-3H3. The molecule has 0 bridgehead atoms. The zero-order valence-electron chi connectivity index (χ0n) is 12.4. The van der Waals surface area contributed by atoms with Crippen molar-refractivity contribution >= 4 is 16.6 Å². The topological polar surface area (TPSA) is 48.7 Å². The molecular weight excluding hydrogens is 246 g/mol. The summed E-state index contributed by atoms with van der Waals surface area (Å²) in [5.74, 6) is 0. The van der Waals surface area contributed by atoms with Crippen molar-refractivity contribution in [2.24, 2.45) is 5.41 Å². The SMILES string of the molecule is Cc1ccc2cccc(NCC(C)(C)CCC#N)c2n1. The minimum Gasteiger partial charge on any atom is -0.383 e. The first-order valence-electron chi connectivity index (χ1n) is 6.99. The quantitative estimate of drug-likeness (QED) is 0.879. The number of anilines is 1. The molecule has 0 saturated heterocycles. The third-order valence-corrected chi connectivity index (χ3v) is 3.53. The minimum absolute atomic E-state index is 0.0989. The van der Waals surface area contributed by atoms with E-state index in [2.05, 4.69) is 48.4 Å². The number of pyridine rings is 1. The Bertz CT molecular complexity index is 638. The molecule has 0 saturated carbocycles. The van der Waals surface area contributed by atoms with Gasteiger partial charge in [-0.1, -0.05) is 32.0 Å². The second kappa shape index (κ2) is 5.92. The Morgan fingerprint density at radius 1 is 1.25 bits per heavy atom. The van der Waals surface area contributed by atoms with E-state index in [-0.39, 0.29) is 5.41 Å². The van der Waals surface area contributed by atoms with E-state index in [9.17, 15) is 0 Å². The number of hydrogen-bond donors (Lipinski definition) is 1. The number of aryl methyl sites for hydroxylation is 1. The van der Waals surface area contributed by atoms with Gasteiger partial charge in [0.05, 0.1) is 17.3 Å². The highest BCUT2D eigenvalue weighted by molar-refractivity contribution is 5.90. The van der Waals surface area contributed by atoms with Crippen molar-refractivity contribution in [3.05, 3.63) is 36.0 Å². The van der Waals surface area contributed by atoms with E-state index in [1.165, 1.54) is 0 Å². The molecule has 0 atom stereocenters. The average molecular weight is 267 g/mol. The van der Waals surface area contributed by atoms with Crippen molar-refractivity contribution in [2.75, 3.05) is 11.9 Å². The number of para-hydroxylation sites is 1. The molecule has 0 spiro atoms. The zero-order chi connectivity index (χ0) is 14.6. The lowest BCUT2D eigenvalue weighted by Gasteiger charge is -2.24. The van der Waals surface area contributed by atoms with Crippen LogP contribution in [0.25, 0.3) is 10.9 Å². The predicted octanol–water partition coefficient (Wildman–Crippen LogP) is 4.29. The molecule has 0 radical (unpaired) electrons. The molecule has 1 N–H and O–H groups in total. The molecule has 20 heavy (non-hydrogen) atoms. The van der Waals surface area contributed by atoms with Gasteiger partial charge in [-0.15, -0.1) is 0 Å². The maximum Gasteiger partial charge on any atom is 0.0936 e. The molecule has 0 aliphatic carbocycles. The Morgan fingerprint density at radius 2 is 2.05 bits per heavy atom. The van der Waals surface area contributed by atoms with E-state index in [0.717, 1.165) is 35.2 Å². The lowest BCUT2D eigenvalue weighted by molar-refractivity contribution is 0.364. The van der Waals surface area contributed by atoms with Crippen molar-refractivity contribution < 1.29 is 0 Å². The van der Waals surface area contributed by atoms with Gasteiger partial charge in [0.1, 0.15) is 0 Å². The third kappa shape index (κ3) is 3.48. The molecule has 2 rings (SSSR count). The number of nitrogens with one attached hydrogen (secondary N) is 1. The van der Waals surface area contributed by atoms with E-state index in [0.29, 0.717) is 6.42 Å². The summed E-state index contributed by atoms with van der Waals surface area (Å²) in [5.41, 5.74) is 3.21. The Labute approximate surface area is 120 Å². The lowest BCUT2D eigenvalue weighted by Crippen LogP contribution is -2.23. The molecule has 104 valence electrons. The molecule has 3 nitrogen and oxygen atoms in total.